The summed E-state index contributed by atoms with van der Waals surface area (Å²) >= 11 is 1.94. The predicted octanol–water partition coefficient (Wildman–Crippen LogP) is 3.08. The lowest BCUT2D eigenvalue weighted by molar-refractivity contribution is 0.0697. The van der Waals surface area contributed by atoms with Crippen molar-refractivity contribution in [2.45, 2.75) is 12.8 Å². The minimum atomic E-state index is -1.10. The van der Waals surface area contributed by atoms with Crippen molar-refractivity contribution in [3.8, 4) is 0 Å². The summed E-state index contributed by atoms with van der Waals surface area (Å²) in [4.78, 5) is 11.0. The van der Waals surface area contributed by atoms with Gasteiger partial charge in [0.25, 0.3) is 0 Å². The number of hydrogen-bond donors (Lipinski definition) is 2. The summed E-state index contributed by atoms with van der Waals surface area (Å²) in [6.45, 7) is 0.641. The van der Waals surface area contributed by atoms with E-state index in [1.165, 1.54) is 18.2 Å². The number of carbonyl (C=O) groups is 1. The lowest BCUT2D eigenvalue weighted by Crippen LogP contribution is -2.20. The van der Waals surface area contributed by atoms with Crippen molar-refractivity contribution in [3.05, 3.63) is 29.6 Å². The number of hydrogen-bond acceptors (Lipinski definition) is 3. The van der Waals surface area contributed by atoms with E-state index in [1.807, 2.05) is 11.8 Å². The second-order valence-corrected chi connectivity index (χ2v) is 5.63. The first-order valence-corrected chi connectivity index (χ1v) is 7.17. The lowest BCUT2D eigenvalue weighted by Gasteiger charge is -2.22. The molecule has 2 N–H and O–H groups in total. The molecule has 3 nitrogen and oxygen atoms in total. The van der Waals surface area contributed by atoms with Gasteiger partial charge < -0.3 is 10.4 Å². The first kappa shape index (κ1) is 13.2. The van der Waals surface area contributed by atoms with E-state index in [0.29, 0.717) is 12.5 Å². The van der Waals surface area contributed by atoms with Crippen molar-refractivity contribution < 1.29 is 14.3 Å². The van der Waals surface area contributed by atoms with E-state index in [9.17, 15) is 9.18 Å². The highest BCUT2D eigenvalue weighted by Gasteiger charge is 2.17. The maximum Gasteiger partial charge on any atom is 0.337 e. The van der Waals surface area contributed by atoms with Crippen LogP contribution in [0.15, 0.2) is 18.2 Å². The van der Waals surface area contributed by atoms with E-state index in [1.54, 1.807) is 0 Å². The number of benzene rings is 1. The van der Waals surface area contributed by atoms with Crippen LogP contribution in [0.25, 0.3) is 0 Å². The highest BCUT2D eigenvalue weighted by molar-refractivity contribution is 7.99. The molecule has 1 aromatic carbocycles. The fourth-order valence-corrected chi connectivity index (χ4v) is 3.28. The van der Waals surface area contributed by atoms with E-state index < -0.39 is 11.8 Å². The lowest BCUT2D eigenvalue weighted by atomic mass is 10.0. The maximum atomic E-state index is 13.6. The van der Waals surface area contributed by atoms with Gasteiger partial charge in [-0.05, 0) is 42.4 Å². The molecule has 1 heterocycles. The summed E-state index contributed by atoms with van der Waals surface area (Å²) in [6, 6.07) is 4.12. The van der Waals surface area contributed by atoms with Crippen molar-refractivity contribution in [1.29, 1.82) is 0 Å². The number of anilines is 1. The van der Waals surface area contributed by atoms with Crippen LogP contribution in [0.1, 0.15) is 23.2 Å². The van der Waals surface area contributed by atoms with E-state index in [4.69, 9.17) is 5.11 Å². The van der Waals surface area contributed by atoms with Crippen LogP contribution < -0.4 is 5.32 Å². The molecular formula is C13H16FNO2S. The van der Waals surface area contributed by atoms with Crippen LogP contribution in [0.4, 0.5) is 10.1 Å². The van der Waals surface area contributed by atoms with Gasteiger partial charge in [-0.15, -0.1) is 0 Å². The van der Waals surface area contributed by atoms with Gasteiger partial charge in [-0.2, -0.15) is 11.8 Å². The monoisotopic (exact) mass is 269 g/mol. The molecule has 2 rings (SSSR count). The number of carboxylic acid groups (broad SMARTS) is 1. The van der Waals surface area contributed by atoms with Crippen LogP contribution in [-0.4, -0.2) is 29.1 Å². The normalized spacial score (nSPS) is 16.5. The molecule has 0 radical (unpaired) electrons. The molecule has 0 spiro atoms. The highest BCUT2D eigenvalue weighted by Crippen LogP contribution is 2.25. The minimum Gasteiger partial charge on any atom is -0.478 e. The second-order valence-electron chi connectivity index (χ2n) is 4.40. The summed E-state index contributed by atoms with van der Waals surface area (Å²) in [5.41, 5.74) is 0.114. The first-order valence-electron chi connectivity index (χ1n) is 6.02. The van der Waals surface area contributed by atoms with Crippen molar-refractivity contribution in [2.24, 2.45) is 5.92 Å². The first-order chi connectivity index (χ1) is 8.68. The molecule has 0 amide bonds. The molecule has 1 aliphatic heterocycles. The Morgan fingerprint density at radius 1 is 1.44 bits per heavy atom. The molecule has 0 aliphatic carbocycles. The third kappa shape index (κ3) is 3.16. The largest absolute Gasteiger partial charge is 0.478 e. The average molecular weight is 269 g/mol. The highest BCUT2D eigenvalue weighted by atomic mass is 32.2. The zero-order chi connectivity index (χ0) is 13.0. The Kier molecular flexibility index (Phi) is 4.47. The van der Waals surface area contributed by atoms with Crippen LogP contribution in [0, 0.1) is 11.7 Å². The summed E-state index contributed by atoms with van der Waals surface area (Å²) in [6.07, 6.45) is 2.21. The number of thioether (sulfide) groups is 1. The standard InChI is InChI=1S/C13H16FNO2S/c14-11-3-1-2-10(13(16)17)12(11)15-8-9-4-6-18-7-5-9/h1-3,9,15H,4-8H2,(H,16,17). The number of rotatable bonds is 4. The smallest absolute Gasteiger partial charge is 0.337 e. The van der Waals surface area contributed by atoms with Crippen molar-refractivity contribution >= 4 is 23.4 Å². The SMILES string of the molecule is O=C(O)c1cccc(F)c1NCC1CCSCC1. The van der Waals surface area contributed by atoms with Gasteiger partial charge in [0.1, 0.15) is 5.82 Å². The molecular weight excluding hydrogens is 253 g/mol. The topological polar surface area (TPSA) is 49.3 Å². The molecule has 0 bridgehead atoms. The van der Waals surface area contributed by atoms with E-state index in [0.717, 1.165) is 24.3 Å². The minimum absolute atomic E-state index is 0.000171. The molecule has 1 aromatic rings. The van der Waals surface area contributed by atoms with Crippen LogP contribution in [0.5, 0.6) is 0 Å². The van der Waals surface area contributed by atoms with E-state index >= 15 is 0 Å². The van der Waals surface area contributed by atoms with Crippen molar-refractivity contribution in [1.82, 2.24) is 0 Å². The van der Waals surface area contributed by atoms with E-state index in [2.05, 4.69) is 5.32 Å². The molecule has 0 aromatic heterocycles. The number of para-hydroxylation sites is 1. The number of carboxylic acids is 1. The number of aromatic carboxylic acids is 1. The van der Waals surface area contributed by atoms with Gasteiger partial charge >= 0.3 is 5.97 Å². The van der Waals surface area contributed by atoms with Gasteiger partial charge in [0.2, 0.25) is 0 Å². The van der Waals surface area contributed by atoms with Gasteiger partial charge in [0.15, 0.2) is 0 Å². The van der Waals surface area contributed by atoms with E-state index in [-0.39, 0.29) is 11.3 Å². The van der Waals surface area contributed by atoms with Gasteiger partial charge in [0.05, 0.1) is 11.3 Å². The molecule has 1 aliphatic rings. The molecule has 98 valence electrons. The zero-order valence-corrected chi connectivity index (χ0v) is 10.8. The van der Waals surface area contributed by atoms with Crippen LogP contribution in [-0.2, 0) is 0 Å². The number of nitrogens with one attached hydrogen (secondary N) is 1. The van der Waals surface area contributed by atoms with Gasteiger partial charge in [-0.25, -0.2) is 9.18 Å². The average Bonchev–Trinajstić information content (AvgIpc) is 2.38. The number of halogens is 1. The summed E-state index contributed by atoms with van der Waals surface area (Å²) in [7, 11) is 0. The maximum absolute atomic E-state index is 13.6. The molecule has 1 saturated heterocycles. The Labute approximate surface area is 110 Å². The zero-order valence-electron chi connectivity index (χ0n) is 9.99. The molecule has 18 heavy (non-hydrogen) atoms. The Morgan fingerprint density at radius 2 is 2.17 bits per heavy atom. The van der Waals surface area contributed by atoms with Crippen molar-refractivity contribution in [2.75, 3.05) is 23.4 Å². The van der Waals surface area contributed by atoms with Crippen LogP contribution in [0.2, 0.25) is 0 Å². The Balaban J connectivity index is 2.05. The van der Waals surface area contributed by atoms with Crippen LogP contribution >= 0.6 is 11.8 Å². The Hall–Kier alpha value is -1.23. The quantitative estimate of drug-likeness (QED) is 0.882. The molecule has 0 unspecified atom stereocenters. The van der Waals surface area contributed by atoms with Gasteiger partial charge in [-0.3, -0.25) is 0 Å². The molecule has 0 saturated carbocycles. The molecule has 0 atom stereocenters. The van der Waals surface area contributed by atoms with Gasteiger partial charge in [-0.1, -0.05) is 6.07 Å². The third-order valence-corrected chi connectivity index (χ3v) is 4.20. The second kappa shape index (κ2) is 6.09. The fraction of sp³-hybridized carbons (Fsp3) is 0.462. The summed E-state index contributed by atoms with van der Waals surface area (Å²) in [5, 5.41) is 12.0. The summed E-state index contributed by atoms with van der Waals surface area (Å²) < 4.78 is 13.6. The Bertz CT molecular complexity index is 433. The van der Waals surface area contributed by atoms with Crippen molar-refractivity contribution in [3.63, 3.8) is 0 Å². The fourth-order valence-electron chi connectivity index (χ4n) is 2.08. The van der Waals surface area contributed by atoms with Gasteiger partial charge in [0, 0.05) is 6.54 Å². The summed E-state index contributed by atoms with van der Waals surface area (Å²) in [5.74, 6) is 1.17. The third-order valence-electron chi connectivity index (χ3n) is 3.15. The molecule has 5 heteroatoms. The van der Waals surface area contributed by atoms with Crippen LogP contribution in [0.3, 0.4) is 0 Å². The molecule has 1 fully saturated rings. The Morgan fingerprint density at radius 3 is 2.83 bits per heavy atom. The predicted molar refractivity (Wildman–Crippen MR) is 71.9 cm³/mol.